The molecule has 2 fully saturated rings. The number of carbonyl (C=O) groups is 2. The second-order valence-electron chi connectivity index (χ2n) is 7.53. The maximum atomic E-state index is 14.2. The molecule has 3 heterocycles. The Labute approximate surface area is 162 Å². The van der Waals surface area contributed by atoms with Crippen molar-refractivity contribution in [3.05, 3.63) is 34.9 Å². The Kier molecular flexibility index (Phi) is 4.97. The first-order chi connectivity index (χ1) is 13.4. The highest BCUT2D eigenvalue weighted by molar-refractivity contribution is 6.04. The molecule has 2 saturated heterocycles. The minimum absolute atomic E-state index is 0.00203. The van der Waals surface area contributed by atoms with Crippen molar-refractivity contribution < 1.29 is 14.0 Å². The molecular formula is C20H24FN5O2. The Morgan fingerprint density at radius 3 is 2.79 bits per heavy atom. The van der Waals surface area contributed by atoms with Gasteiger partial charge in [-0.1, -0.05) is 0 Å². The van der Waals surface area contributed by atoms with E-state index in [1.165, 1.54) is 12.1 Å². The van der Waals surface area contributed by atoms with E-state index in [1.807, 2.05) is 18.7 Å². The molecule has 1 unspecified atom stereocenters. The van der Waals surface area contributed by atoms with Crippen LogP contribution in [0, 0.1) is 19.7 Å². The van der Waals surface area contributed by atoms with Gasteiger partial charge in [-0.15, -0.1) is 0 Å². The van der Waals surface area contributed by atoms with Gasteiger partial charge in [-0.2, -0.15) is 0 Å². The normalized spacial score (nSPS) is 20.7. The summed E-state index contributed by atoms with van der Waals surface area (Å²) in [6.45, 7) is 6.44. The minimum Gasteiger partial charge on any atom is -0.337 e. The van der Waals surface area contributed by atoms with Gasteiger partial charge in [0.05, 0.1) is 29.0 Å². The van der Waals surface area contributed by atoms with Crippen molar-refractivity contribution in [2.24, 2.45) is 0 Å². The lowest BCUT2D eigenvalue weighted by Gasteiger charge is -2.41. The summed E-state index contributed by atoms with van der Waals surface area (Å²) in [6, 6.07) is 2.56. The lowest BCUT2D eigenvalue weighted by atomic mass is 10.0. The SMILES string of the molecule is Cc1nc2cc(F)cc(C(=O)N3CCCC(N4CCNCC4=O)C3)c2nc1C. The van der Waals surface area contributed by atoms with Crippen molar-refractivity contribution in [3.8, 4) is 0 Å². The van der Waals surface area contributed by atoms with Crippen LogP contribution in [0.1, 0.15) is 34.6 Å². The van der Waals surface area contributed by atoms with Crippen LogP contribution in [0.4, 0.5) is 4.39 Å². The van der Waals surface area contributed by atoms with Gasteiger partial charge in [0, 0.05) is 38.3 Å². The Morgan fingerprint density at radius 1 is 1.21 bits per heavy atom. The van der Waals surface area contributed by atoms with Gasteiger partial charge in [0.25, 0.3) is 5.91 Å². The smallest absolute Gasteiger partial charge is 0.256 e. The number of amides is 2. The monoisotopic (exact) mass is 385 g/mol. The van der Waals surface area contributed by atoms with E-state index in [-0.39, 0.29) is 23.4 Å². The maximum absolute atomic E-state index is 14.2. The molecule has 28 heavy (non-hydrogen) atoms. The topological polar surface area (TPSA) is 78.4 Å². The van der Waals surface area contributed by atoms with Gasteiger partial charge in [-0.3, -0.25) is 9.59 Å². The summed E-state index contributed by atoms with van der Waals surface area (Å²) in [7, 11) is 0. The number of hydrogen-bond acceptors (Lipinski definition) is 5. The molecular weight excluding hydrogens is 361 g/mol. The molecule has 2 amide bonds. The van der Waals surface area contributed by atoms with Crippen LogP contribution in [0.5, 0.6) is 0 Å². The molecule has 1 aromatic heterocycles. The van der Waals surface area contributed by atoms with Crippen LogP contribution < -0.4 is 5.32 Å². The van der Waals surface area contributed by atoms with Crippen LogP contribution in [-0.4, -0.2) is 70.3 Å². The van der Waals surface area contributed by atoms with Gasteiger partial charge in [0.1, 0.15) is 11.3 Å². The number of nitrogens with zero attached hydrogens (tertiary/aromatic N) is 4. The molecule has 8 heteroatoms. The highest BCUT2D eigenvalue weighted by atomic mass is 19.1. The highest BCUT2D eigenvalue weighted by Crippen LogP contribution is 2.24. The molecule has 4 rings (SSSR count). The van der Waals surface area contributed by atoms with Gasteiger partial charge in [0.15, 0.2) is 0 Å². The van der Waals surface area contributed by atoms with E-state index in [0.717, 1.165) is 25.1 Å². The summed E-state index contributed by atoms with van der Waals surface area (Å²) in [6.07, 6.45) is 1.68. The fourth-order valence-corrected chi connectivity index (χ4v) is 4.03. The number of aryl methyl sites for hydroxylation is 2. The molecule has 2 aromatic rings. The van der Waals surface area contributed by atoms with Crippen LogP contribution in [0.3, 0.4) is 0 Å². The van der Waals surface area contributed by atoms with E-state index in [0.29, 0.717) is 42.9 Å². The summed E-state index contributed by atoms with van der Waals surface area (Å²) >= 11 is 0. The summed E-state index contributed by atoms with van der Waals surface area (Å²) in [4.78, 5) is 37.9. The van der Waals surface area contributed by atoms with Gasteiger partial charge in [0.2, 0.25) is 5.91 Å². The first kappa shape index (κ1) is 18.7. The highest BCUT2D eigenvalue weighted by Gasteiger charge is 2.32. The first-order valence-corrected chi connectivity index (χ1v) is 9.68. The van der Waals surface area contributed by atoms with E-state index in [4.69, 9.17) is 0 Å². The molecule has 1 aromatic carbocycles. The summed E-state index contributed by atoms with van der Waals surface area (Å²) in [5.41, 5.74) is 2.48. The third-order valence-electron chi connectivity index (χ3n) is 5.63. The molecule has 0 spiro atoms. The molecule has 7 nitrogen and oxygen atoms in total. The quantitative estimate of drug-likeness (QED) is 0.846. The standard InChI is InChI=1S/C20H24FN5O2/c1-12-13(2)24-19-16(8-14(21)9-17(19)23-12)20(28)25-6-3-4-15(11-25)26-7-5-22-10-18(26)27/h8-9,15,22H,3-7,10-11H2,1-2H3. The third-order valence-corrected chi connectivity index (χ3v) is 5.63. The first-order valence-electron chi connectivity index (χ1n) is 9.68. The average molecular weight is 385 g/mol. The van der Waals surface area contributed by atoms with E-state index < -0.39 is 5.82 Å². The van der Waals surface area contributed by atoms with Crippen molar-refractivity contribution in [2.45, 2.75) is 32.7 Å². The molecule has 0 saturated carbocycles. The number of piperazine rings is 1. The number of piperidine rings is 1. The number of rotatable bonds is 2. The van der Waals surface area contributed by atoms with Crippen LogP contribution in [0.25, 0.3) is 11.0 Å². The molecule has 0 bridgehead atoms. The fraction of sp³-hybridized carbons (Fsp3) is 0.500. The minimum atomic E-state index is -0.501. The predicted octanol–water partition coefficient (Wildman–Crippen LogP) is 1.42. The van der Waals surface area contributed by atoms with Crippen molar-refractivity contribution in [1.29, 1.82) is 0 Å². The van der Waals surface area contributed by atoms with Crippen LogP contribution in [0.2, 0.25) is 0 Å². The predicted molar refractivity (Wildman–Crippen MR) is 102 cm³/mol. The molecule has 0 radical (unpaired) electrons. The largest absolute Gasteiger partial charge is 0.337 e. The van der Waals surface area contributed by atoms with Crippen molar-refractivity contribution >= 4 is 22.8 Å². The number of halogens is 1. The Morgan fingerprint density at radius 2 is 2.00 bits per heavy atom. The van der Waals surface area contributed by atoms with E-state index >= 15 is 0 Å². The van der Waals surface area contributed by atoms with Gasteiger partial charge < -0.3 is 15.1 Å². The lowest BCUT2D eigenvalue weighted by Crippen LogP contribution is -2.57. The second kappa shape index (κ2) is 7.43. The zero-order valence-corrected chi connectivity index (χ0v) is 16.2. The van der Waals surface area contributed by atoms with Gasteiger partial charge in [-0.05, 0) is 32.8 Å². The Balaban J connectivity index is 1.63. The van der Waals surface area contributed by atoms with Crippen LogP contribution in [-0.2, 0) is 4.79 Å². The number of benzene rings is 1. The van der Waals surface area contributed by atoms with Crippen LogP contribution >= 0.6 is 0 Å². The van der Waals surface area contributed by atoms with Crippen molar-refractivity contribution in [2.75, 3.05) is 32.7 Å². The third kappa shape index (κ3) is 3.44. The number of nitrogens with one attached hydrogen (secondary N) is 1. The number of hydrogen-bond donors (Lipinski definition) is 1. The summed E-state index contributed by atoms with van der Waals surface area (Å²) in [5, 5.41) is 3.07. The number of likely N-dealkylation sites (tertiary alicyclic amines) is 1. The van der Waals surface area contributed by atoms with Crippen LogP contribution in [0.15, 0.2) is 12.1 Å². The van der Waals surface area contributed by atoms with E-state index in [2.05, 4.69) is 15.3 Å². The maximum Gasteiger partial charge on any atom is 0.256 e. The van der Waals surface area contributed by atoms with E-state index in [9.17, 15) is 14.0 Å². The molecule has 2 aliphatic rings. The number of aromatic nitrogens is 2. The Hall–Kier alpha value is -2.61. The second-order valence-corrected chi connectivity index (χ2v) is 7.53. The molecule has 1 N–H and O–H groups in total. The van der Waals surface area contributed by atoms with Gasteiger partial charge in [-0.25, -0.2) is 14.4 Å². The summed E-state index contributed by atoms with van der Waals surface area (Å²) < 4.78 is 14.2. The van der Waals surface area contributed by atoms with Crippen molar-refractivity contribution in [3.63, 3.8) is 0 Å². The molecule has 0 aliphatic carbocycles. The van der Waals surface area contributed by atoms with Crippen molar-refractivity contribution in [1.82, 2.24) is 25.1 Å². The van der Waals surface area contributed by atoms with E-state index in [1.54, 1.807) is 4.90 Å². The Bertz CT molecular complexity index is 948. The van der Waals surface area contributed by atoms with Gasteiger partial charge >= 0.3 is 0 Å². The number of carbonyl (C=O) groups excluding carboxylic acids is 2. The molecule has 2 aliphatic heterocycles. The summed E-state index contributed by atoms with van der Waals surface area (Å²) in [5.74, 6) is -0.688. The molecule has 1 atom stereocenters. The lowest BCUT2D eigenvalue weighted by molar-refractivity contribution is -0.135. The fourth-order valence-electron chi connectivity index (χ4n) is 4.03. The average Bonchev–Trinajstić information content (AvgIpc) is 2.68. The molecule has 148 valence electrons. The zero-order chi connectivity index (χ0) is 19.8. The zero-order valence-electron chi connectivity index (χ0n) is 16.2. The number of fused-ring (bicyclic) bond motifs is 1.